The van der Waals surface area contributed by atoms with Gasteiger partial charge in [0.05, 0.1) is 25.4 Å². The molecule has 7 heteroatoms. The van der Waals surface area contributed by atoms with Crippen LogP contribution in [0, 0.1) is 5.92 Å². The van der Waals surface area contributed by atoms with Crippen LogP contribution in [0.4, 0.5) is 4.79 Å². The highest BCUT2D eigenvalue weighted by molar-refractivity contribution is 5.77. The van der Waals surface area contributed by atoms with Crippen molar-refractivity contribution < 1.29 is 24.5 Å². The standard InChI is InChI=1S/C13H22N2O5/c1-2-4-15(11-8-20-7-10(11)12(17)18)13(19)14-5-3-9(16)6-14/h9-11,16H,2-8H2,1H3,(H,17,18). The fourth-order valence-corrected chi connectivity index (χ4v) is 2.83. The van der Waals surface area contributed by atoms with Gasteiger partial charge in [-0.25, -0.2) is 4.79 Å². The summed E-state index contributed by atoms with van der Waals surface area (Å²) < 4.78 is 5.25. The second-order valence-corrected chi connectivity index (χ2v) is 5.41. The number of amides is 2. The van der Waals surface area contributed by atoms with Crippen molar-refractivity contribution in [3.8, 4) is 0 Å². The average Bonchev–Trinajstić information content (AvgIpc) is 3.03. The zero-order valence-electron chi connectivity index (χ0n) is 11.7. The molecule has 2 amide bonds. The van der Waals surface area contributed by atoms with Crippen LogP contribution in [-0.4, -0.2) is 77.0 Å². The Balaban J connectivity index is 2.09. The molecular formula is C13H22N2O5. The van der Waals surface area contributed by atoms with Crippen LogP contribution < -0.4 is 0 Å². The molecule has 0 bridgehead atoms. The first-order chi connectivity index (χ1) is 9.54. The third-order valence-corrected chi connectivity index (χ3v) is 3.91. The lowest BCUT2D eigenvalue weighted by Crippen LogP contribution is -2.51. The van der Waals surface area contributed by atoms with Gasteiger partial charge in [0.15, 0.2) is 0 Å². The van der Waals surface area contributed by atoms with Crippen molar-refractivity contribution in [1.82, 2.24) is 9.80 Å². The minimum atomic E-state index is -0.928. The second-order valence-electron chi connectivity index (χ2n) is 5.41. The third-order valence-electron chi connectivity index (χ3n) is 3.91. The summed E-state index contributed by atoms with van der Waals surface area (Å²) in [7, 11) is 0. The summed E-state index contributed by atoms with van der Waals surface area (Å²) in [5, 5.41) is 18.8. The number of carbonyl (C=O) groups excluding carboxylic acids is 1. The van der Waals surface area contributed by atoms with Gasteiger partial charge in [0.2, 0.25) is 0 Å². The molecule has 2 aliphatic heterocycles. The Morgan fingerprint density at radius 1 is 1.40 bits per heavy atom. The minimum Gasteiger partial charge on any atom is -0.481 e. The van der Waals surface area contributed by atoms with Gasteiger partial charge in [-0.2, -0.15) is 0 Å². The molecule has 2 saturated heterocycles. The predicted octanol–water partition coefficient (Wildman–Crippen LogP) is -0.0154. The van der Waals surface area contributed by atoms with E-state index in [9.17, 15) is 19.8 Å². The van der Waals surface area contributed by atoms with Gasteiger partial charge in [0.25, 0.3) is 0 Å². The molecule has 0 aliphatic carbocycles. The summed E-state index contributed by atoms with van der Waals surface area (Å²) in [6, 6.07) is -0.608. The topological polar surface area (TPSA) is 90.3 Å². The molecule has 0 radical (unpaired) electrons. The van der Waals surface area contributed by atoms with E-state index in [1.807, 2.05) is 6.92 Å². The number of carboxylic acid groups (broad SMARTS) is 1. The van der Waals surface area contributed by atoms with E-state index in [2.05, 4.69) is 0 Å². The molecule has 0 saturated carbocycles. The molecule has 0 aromatic rings. The maximum absolute atomic E-state index is 12.5. The van der Waals surface area contributed by atoms with E-state index >= 15 is 0 Å². The van der Waals surface area contributed by atoms with Crippen LogP contribution in [0.5, 0.6) is 0 Å². The predicted molar refractivity (Wildman–Crippen MR) is 70.3 cm³/mol. The van der Waals surface area contributed by atoms with Gasteiger partial charge in [0, 0.05) is 19.6 Å². The molecule has 2 fully saturated rings. The molecule has 2 N–H and O–H groups in total. The van der Waals surface area contributed by atoms with Gasteiger partial charge in [-0.1, -0.05) is 6.92 Å². The largest absolute Gasteiger partial charge is 0.481 e. The number of rotatable bonds is 4. The van der Waals surface area contributed by atoms with Crippen molar-refractivity contribution in [2.24, 2.45) is 5.92 Å². The number of urea groups is 1. The second kappa shape index (κ2) is 6.41. The van der Waals surface area contributed by atoms with Crippen molar-refractivity contribution >= 4 is 12.0 Å². The summed E-state index contributed by atoms with van der Waals surface area (Å²) in [6.45, 7) is 3.71. The van der Waals surface area contributed by atoms with E-state index in [1.54, 1.807) is 9.80 Å². The van der Waals surface area contributed by atoms with Crippen LogP contribution >= 0.6 is 0 Å². The maximum atomic E-state index is 12.5. The summed E-state index contributed by atoms with van der Waals surface area (Å²) in [5.41, 5.74) is 0. The number of aliphatic carboxylic acids is 1. The minimum absolute atomic E-state index is 0.149. The SMILES string of the molecule is CCCN(C(=O)N1CCC(O)C1)C1COCC1C(=O)O. The van der Waals surface area contributed by atoms with Crippen LogP contribution in [0.3, 0.4) is 0 Å². The molecule has 0 aromatic heterocycles. The van der Waals surface area contributed by atoms with E-state index in [1.165, 1.54) is 0 Å². The number of carboxylic acids is 1. The monoisotopic (exact) mass is 286 g/mol. The summed E-state index contributed by atoms with van der Waals surface area (Å²) in [5.74, 6) is -1.60. The highest BCUT2D eigenvalue weighted by Crippen LogP contribution is 2.23. The molecule has 0 aromatic carbocycles. The number of likely N-dealkylation sites (tertiary alicyclic amines) is 1. The lowest BCUT2D eigenvalue weighted by molar-refractivity contribution is -0.142. The summed E-state index contributed by atoms with van der Waals surface area (Å²) >= 11 is 0. The summed E-state index contributed by atoms with van der Waals surface area (Å²) in [4.78, 5) is 27.0. The van der Waals surface area contributed by atoms with E-state index in [0.29, 0.717) is 26.1 Å². The Morgan fingerprint density at radius 3 is 2.70 bits per heavy atom. The Hall–Kier alpha value is -1.34. The fraction of sp³-hybridized carbons (Fsp3) is 0.846. The third kappa shape index (κ3) is 3.04. The highest BCUT2D eigenvalue weighted by Gasteiger charge is 2.41. The normalized spacial score (nSPS) is 29.7. The lowest BCUT2D eigenvalue weighted by Gasteiger charge is -2.33. The van der Waals surface area contributed by atoms with Gasteiger partial charge < -0.3 is 24.7 Å². The van der Waals surface area contributed by atoms with E-state index < -0.39 is 24.0 Å². The first kappa shape index (κ1) is 15.1. The number of β-amino-alcohol motifs (C(OH)–C–C–N with tert-alkyl or cyclic N) is 1. The van der Waals surface area contributed by atoms with Gasteiger partial charge >= 0.3 is 12.0 Å². The van der Waals surface area contributed by atoms with Crippen molar-refractivity contribution in [3.63, 3.8) is 0 Å². The quantitative estimate of drug-likeness (QED) is 0.758. The highest BCUT2D eigenvalue weighted by atomic mass is 16.5. The van der Waals surface area contributed by atoms with Crippen molar-refractivity contribution in [3.05, 3.63) is 0 Å². The zero-order valence-corrected chi connectivity index (χ0v) is 11.7. The molecule has 114 valence electrons. The zero-order chi connectivity index (χ0) is 14.7. The number of aliphatic hydroxyl groups excluding tert-OH is 1. The molecule has 0 spiro atoms. The Labute approximate surface area is 118 Å². The lowest BCUT2D eigenvalue weighted by atomic mass is 10.0. The Morgan fingerprint density at radius 2 is 2.15 bits per heavy atom. The Bertz CT molecular complexity index is 376. The van der Waals surface area contributed by atoms with E-state index in [0.717, 1.165) is 6.42 Å². The van der Waals surface area contributed by atoms with Crippen LogP contribution in [0.1, 0.15) is 19.8 Å². The molecule has 20 heavy (non-hydrogen) atoms. The van der Waals surface area contributed by atoms with Crippen molar-refractivity contribution in [1.29, 1.82) is 0 Å². The number of aliphatic hydroxyl groups is 1. The van der Waals surface area contributed by atoms with Crippen LogP contribution in [0.25, 0.3) is 0 Å². The molecule has 3 atom stereocenters. The first-order valence-electron chi connectivity index (χ1n) is 7.08. The van der Waals surface area contributed by atoms with Crippen molar-refractivity contribution in [2.75, 3.05) is 32.8 Å². The number of hydrogen-bond acceptors (Lipinski definition) is 4. The first-order valence-corrected chi connectivity index (χ1v) is 7.08. The average molecular weight is 286 g/mol. The van der Waals surface area contributed by atoms with Gasteiger partial charge in [0.1, 0.15) is 5.92 Å². The van der Waals surface area contributed by atoms with Crippen LogP contribution in [0.15, 0.2) is 0 Å². The van der Waals surface area contributed by atoms with Gasteiger partial charge in [-0.05, 0) is 12.8 Å². The molecule has 2 rings (SSSR count). The van der Waals surface area contributed by atoms with Crippen LogP contribution in [-0.2, 0) is 9.53 Å². The maximum Gasteiger partial charge on any atom is 0.320 e. The molecule has 7 nitrogen and oxygen atoms in total. The Kier molecular flexibility index (Phi) is 4.82. The number of ether oxygens (including phenoxy) is 1. The van der Waals surface area contributed by atoms with Crippen molar-refractivity contribution in [2.45, 2.75) is 31.9 Å². The summed E-state index contributed by atoms with van der Waals surface area (Å²) in [6.07, 6.45) is 0.859. The number of hydrogen-bond donors (Lipinski definition) is 2. The smallest absolute Gasteiger partial charge is 0.320 e. The molecule has 3 unspecified atom stereocenters. The molecule has 2 aliphatic rings. The van der Waals surface area contributed by atoms with Crippen LogP contribution in [0.2, 0.25) is 0 Å². The van der Waals surface area contributed by atoms with E-state index in [4.69, 9.17) is 4.74 Å². The van der Waals surface area contributed by atoms with Gasteiger partial charge in [-0.3, -0.25) is 4.79 Å². The molecule has 2 heterocycles. The van der Waals surface area contributed by atoms with Gasteiger partial charge in [-0.15, -0.1) is 0 Å². The molecular weight excluding hydrogens is 264 g/mol. The fourth-order valence-electron chi connectivity index (χ4n) is 2.83. The number of nitrogens with zero attached hydrogens (tertiary/aromatic N) is 2. The number of carbonyl (C=O) groups is 2. The van der Waals surface area contributed by atoms with E-state index in [-0.39, 0.29) is 19.2 Å².